The van der Waals surface area contributed by atoms with Gasteiger partial charge in [-0.3, -0.25) is 4.79 Å². The molecule has 0 atom stereocenters. The van der Waals surface area contributed by atoms with Crippen LogP contribution in [0.1, 0.15) is 15.9 Å². The Morgan fingerprint density at radius 2 is 2.00 bits per heavy atom. The van der Waals surface area contributed by atoms with E-state index < -0.39 is 5.82 Å². The van der Waals surface area contributed by atoms with Gasteiger partial charge in [-0.05, 0) is 29.8 Å². The van der Waals surface area contributed by atoms with E-state index in [1.807, 2.05) is 0 Å². The van der Waals surface area contributed by atoms with Gasteiger partial charge in [0.15, 0.2) is 5.78 Å². The van der Waals surface area contributed by atoms with Crippen molar-refractivity contribution in [2.24, 2.45) is 0 Å². The Balaban J connectivity index is 2.33. The van der Waals surface area contributed by atoms with Crippen LogP contribution in [0.4, 0.5) is 4.39 Å². The van der Waals surface area contributed by atoms with Gasteiger partial charge in [-0.25, -0.2) is 4.39 Å². The molecule has 0 aromatic heterocycles. The van der Waals surface area contributed by atoms with Gasteiger partial charge in [0.2, 0.25) is 0 Å². The summed E-state index contributed by atoms with van der Waals surface area (Å²) in [6, 6.07) is 9.14. The summed E-state index contributed by atoms with van der Waals surface area (Å²) >= 11 is 11.7. The van der Waals surface area contributed by atoms with E-state index in [1.54, 1.807) is 18.2 Å². The van der Waals surface area contributed by atoms with Gasteiger partial charge in [0.1, 0.15) is 11.6 Å². The quantitative estimate of drug-likeness (QED) is 0.773. The summed E-state index contributed by atoms with van der Waals surface area (Å²) < 4.78 is 18.5. The molecule has 0 spiro atoms. The van der Waals surface area contributed by atoms with Crippen LogP contribution >= 0.6 is 23.2 Å². The number of Topliss-reactive ketones (excluding diaryl/α,β-unsaturated/α-hetero) is 1. The average Bonchev–Trinajstić information content (AvgIpc) is 2.43. The van der Waals surface area contributed by atoms with Crippen LogP contribution in [0.3, 0.4) is 0 Å². The number of carbonyl (C=O) groups is 1. The van der Waals surface area contributed by atoms with Crippen LogP contribution < -0.4 is 4.74 Å². The molecule has 0 aliphatic heterocycles. The highest BCUT2D eigenvalue weighted by Crippen LogP contribution is 2.26. The first kappa shape index (κ1) is 14.8. The van der Waals surface area contributed by atoms with Crippen molar-refractivity contribution in [3.8, 4) is 5.75 Å². The molecule has 0 bridgehead atoms. The fraction of sp³-hybridized carbons (Fsp3) is 0.133. The van der Waals surface area contributed by atoms with E-state index in [0.717, 1.165) is 0 Å². The van der Waals surface area contributed by atoms with E-state index in [1.165, 1.54) is 25.3 Å². The van der Waals surface area contributed by atoms with Gasteiger partial charge in [-0.15, -0.1) is 0 Å². The van der Waals surface area contributed by atoms with Crippen LogP contribution in [0.5, 0.6) is 5.75 Å². The summed E-state index contributed by atoms with van der Waals surface area (Å²) in [5.41, 5.74) is 0.777. The standard InChI is InChI=1S/C15H11Cl2FO2/c1-20-14-6-5-10(16)8-11(14)13(19)7-9-3-2-4-12(18)15(9)17/h2-6,8H,7H2,1H3. The van der Waals surface area contributed by atoms with Gasteiger partial charge in [0.25, 0.3) is 0 Å². The lowest BCUT2D eigenvalue weighted by molar-refractivity contribution is 0.0990. The monoisotopic (exact) mass is 312 g/mol. The molecule has 104 valence electrons. The third-order valence-corrected chi connectivity index (χ3v) is 3.50. The lowest BCUT2D eigenvalue weighted by atomic mass is 10.0. The van der Waals surface area contributed by atoms with E-state index in [-0.39, 0.29) is 17.2 Å². The number of methoxy groups -OCH3 is 1. The minimum atomic E-state index is -0.546. The molecule has 0 amide bonds. The molecular formula is C15H11Cl2FO2. The van der Waals surface area contributed by atoms with Crippen molar-refractivity contribution in [2.75, 3.05) is 7.11 Å². The van der Waals surface area contributed by atoms with E-state index >= 15 is 0 Å². The molecule has 0 N–H and O–H groups in total. The molecule has 0 saturated carbocycles. The number of ketones is 1. The van der Waals surface area contributed by atoms with Crippen LogP contribution in [0.2, 0.25) is 10.0 Å². The lowest BCUT2D eigenvalue weighted by Gasteiger charge is -2.09. The van der Waals surface area contributed by atoms with Gasteiger partial charge in [-0.1, -0.05) is 35.3 Å². The van der Waals surface area contributed by atoms with Gasteiger partial charge in [-0.2, -0.15) is 0 Å². The van der Waals surface area contributed by atoms with E-state index in [0.29, 0.717) is 21.9 Å². The van der Waals surface area contributed by atoms with Crippen molar-refractivity contribution in [3.05, 3.63) is 63.4 Å². The number of rotatable bonds is 4. The smallest absolute Gasteiger partial charge is 0.171 e. The van der Waals surface area contributed by atoms with E-state index in [4.69, 9.17) is 27.9 Å². The Labute approximate surface area is 126 Å². The number of hydrogen-bond acceptors (Lipinski definition) is 2. The molecule has 0 aliphatic carbocycles. The zero-order chi connectivity index (χ0) is 14.7. The molecule has 0 radical (unpaired) electrons. The highest BCUT2D eigenvalue weighted by Gasteiger charge is 2.16. The van der Waals surface area contributed by atoms with Gasteiger partial charge in [0.05, 0.1) is 17.7 Å². The summed E-state index contributed by atoms with van der Waals surface area (Å²) in [7, 11) is 1.47. The van der Waals surface area contributed by atoms with Gasteiger partial charge >= 0.3 is 0 Å². The average molecular weight is 313 g/mol. The van der Waals surface area contributed by atoms with Crippen LogP contribution in [0.15, 0.2) is 36.4 Å². The largest absolute Gasteiger partial charge is 0.496 e. The molecule has 2 aromatic rings. The maximum atomic E-state index is 13.4. The first-order valence-corrected chi connectivity index (χ1v) is 6.58. The highest BCUT2D eigenvalue weighted by atomic mass is 35.5. The number of benzene rings is 2. The predicted molar refractivity (Wildman–Crippen MR) is 77.4 cm³/mol. The van der Waals surface area contributed by atoms with Crippen LogP contribution in [0.25, 0.3) is 0 Å². The highest BCUT2D eigenvalue weighted by molar-refractivity contribution is 6.32. The van der Waals surface area contributed by atoms with Crippen LogP contribution in [-0.4, -0.2) is 12.9 Å². The van der Waals surface area contributed by atoms with E-state index in [2.05, 4.69) is 0 Å². The Morgan fingerprint density at radius 1 is 1.25 bits per heavy atom. The predicted octanol–water partition coefficient (Wildman–Crippen LogP) is 4.57. The zero-order valence-electron chi connectivity index (χ0n) is 10.6. The molecule has 0 heterocycles. The maximum absolute atomic E-state index is 13.4. The summed E-state index contributed by atoms with van der Waals surface area (Å²) in [4.78, 5) is 12.3. The zero-order valence-corrected chi connectivity index (χ0v) is 12.1. The molecule has 0 unspecified atom stereocenters. The molecule has 2 nitrogen and oxygen atoms in total. The van der Waals surface area contributed by atoms with Crippen molar-refractivity contribution in [1.82, 2.24) is 0 Å². The number of carbonyl (C=O) groups excluding carboxylic acids is 1. The second-order valence-corrected chi connectivity index (χ2v) is 4.97. The first-order chi connectivity index (χ1) is 9.52. The lowest BCUT2D eigenvalue weighted by Crippen LogP contribution is -2.06. The topological polar surface area (TPSA) is 26.3 Å². The number of hydrogen-bond donors (Lipinski definition) is 0. The van der Waals surface area contributed by atoms with E-state index in [9.17, 15) is 9.18 Å². The Kier molecular flexibility index (Phi) is 4.63. The second-order valence-electron chi connectivity index (χ2n) is 4.16. The number of ether oxygens (including phenoxy) is 1. The Hall–Kier alpha value is -1.58. The summed E-state index contributed by atoms with van der Waals surface area (Å²) in [6.45, 7) is 0. The number of halogens is 3. The van der Waals surface area contributed by atoms with Crippen LogP contribution in [-0.2, 0) is 6.42 Å². The molecule has 0 aliphatic rings. The fourth-order valence-corrected chi connectivity index (χ4v) is 2.22. The Bertz CT molecular complexity index is 656. The normalized spacial score (nSPS) is 10.4. The van der Waals surface area contributed by atoms with Crippen molar-refractivity contribution >= 4 is 29.0 Å². The summed E-state index contributed by atoms with van der Waals surface area (Å²) in [5, 5.41) is 0.390. The third kappa shape index (κ3) is 3.11. The second kappa shape index (κ2) is 6.25. The molecule has 2 aromatic carbocycles. The van der Waals surface area contributed by atoms with Crippen molar-refractivity contribution in [3.63, 3.8) is 0 Å². The van der Waals surface area contributed by atoms with Gasteiger partial charge in [0, 0.05) is 11.4 Å². The SMILES string of the molecule is COc1ccc(Cl)cc1C(=O)Cc1cccc(F)c1Cl. The fourth-order valence-electron chi connectivity index (χ4n) is 1.85. The Morgan fingerprint density at radius 3 is 2.70 bits per heavy atom. The minimum Gasteiger partial charge on any atom is -0.496 e. The summed E-state index contributed by atoms with van der Waals surface area (Å²) in [5.74, 6) is -0.362. The first-order valence-electron chi connectivity index (χ1n) is 5.82. The molecule has 2 rings (SSSR count). The van der Waals surface area contributed by atoms with Crippen LogP contribution in [0, 0.1) is 5.82 Å². The summed E-state index contributed by atoms with van der Waals surface area (Å²) in [6.07, 6.45) is -0.0205. The molecule has 0 fully saturated rings. The molecule has 0 saturated heterocycles. The molecule has 20 heavy (non-hydrogen) atoms. The van der Waals surface area contributed by atoms with Crippen molar-refractivity contribution in [2.45, 2.75) is 6.42 Å². The minimum absolute atomic E-state index is 0.0205. The van der Waals surface area contributed by atoms with Crippen molar-refractivity contribution in [1.29, 1.82) is 0 Å². The molecular weight excluding hydrogens is 302 g/mol. The van der Waals surface area contributed by atoms with Crippen molar-refractivity contribution < 1.29 is 13.9 Å². The third-order valence-electron chi connectivity index (χ3n) is 2.84. The maximum Gasteiger partial charge on any atom is 0.171 e. The van der Waals surface area contributed by atoms with Gasteiger partial charge < -0.3 is 4.74 Å². The molecule has 5 heteroatoms.